The fourth-order valence-corrected chi connectivity index (χ4v) is 7.07. The molecule has 0 saturated carbocycles. The Morgan fingerprint density at radius 2 is 0.826 bits per heavy atom. The largest absolute Gasteiger partial charge is 0.0557 e. The summed E-state index contributed by atoms with van der Waals surface area (Å²) >= 11 is 0. The van der Waals surface area contributed by atoms with Crippen molar-refractivity contribution in [1.29, 1.82) is 0 Å². The normalized spacial score (nSPS) is 12.1. The van der Waals surface area contributed by atoms with E-state index < -0.39 is 7.92 Å². The molecule has 2 rings (SSSR count). The van der Waals surface area contributed by atoms with E-state index in [-0.39, 0.29) is 5.16 Å². The number of aryl methyl sites for hydroxylation is 6. The Morgan fingerprint density at radius 1 is 0.565 bits per heavy atom. The van der Waals surface area contributed by atoms with Gasteiger partial charge in [-0.1, -0.05) is 56.2 Å². The summed E-state index contributed by atoms with van der Waals surface area (Å²) in [7, 11) is -0.400. The Morgan fingerprint density at radius 3 is 1.04 bits per heavy atom. The van der Waals surface area contributed by atoms with E-state index in [1.165, 1.54) is 33.4 Å². The minimum atomic E-state index is -0.400. The molecule has 0 aromatic heterocycles. The maximum Gasteiger partial charge on any atom is -0.00988 e. The van der Waals surface area contributed by atoms with E-state index in [2.05, 4.69) is 86.6 Å². The van der Waals surface area contributed by atoms with Gasteiger partial charge in [0.1, 0.15) is 0 Å². The summed E-state index contributed by atoms with van der Waals surface area (Å²) in [5, 5.41) is 3.39. The Hall–Kier alpha value is -1.13. The van der Waals surface area contributed by atoms with Gasteiger partial charge >= 0.3 is 0 Å². The van der Waals surface area contributed by atoms with E-state index in [0.717, 1.165) is 0 Å². The van der Waals surface area contributed by atoms with Crippen LogP contribution in [0, 0.1) is 41.5 Å². The molecule has 2 aromatic rings. The standard InChI is InChI=1S/C22H31P/c1-14-10-16(3)20(17(4)11-14)23(22(7,8)9)21-18(5)12-15(2)13-19(21)6/h10-13H,1-9H3. The lowest BCUT2D eigenvalue weighted by Crippen LogP contribution is -2.31. The van der Waals surface area contributed by atoms with Gasteiger partial charge in [-0.3, -0.25) is 0 Å². The lowest BCUT2D eigenvalue weighted by Gasteiger charge is -2.36. The Kier molecular flexibility index (Phi) is 5.07. The van der Waals surface area contributed by atoms with E-state index >= 15 is 0 Å². The maximum absolute atomic E-state index is 2.40. The summed E-state index contributed by atoms with van der Waals surface area (Å²) in [5.41, 5.74) is 8.52. The summed E-state index contributed by atoms with van der Waals surface area (Å²) < 4.78 is 0. The van der Waals surface area contributed by atoms with Crippen LogP contribution in [0.3, 0.4) is 0 Å². The van der Waals surface area contributed by atoms with Crippen molar-refractivity contribution in [3.05, 3.63) is 57.6 Å². The van der Waals surface area contributed by atoms with Gasteiger partial charge in [0.2, 0.25) is 0 Å². The first-order valence-corrected chi connectivity index (χ1v) is 9.82. The van der Waals surface area contributed by atoms with Crippen LogP contribution in [-0.4, -0.2) is 5.16 Å². The number of benzene rings is 2. The highest BCUT2D eigenvalue weighted by molar-refractivity contribution is 7.74. The van der Waals surface area contributed by atoms with Gasteiger partial charge in [-0.25, -0.2) is 0 Å². The molecular weight excluding hydrogens is 295 g/mol. The molecule has 0 saturated heterocycles. The number of rotatable bonds is 2. The summed E-state index contributed by atoms with van der Waals surface area (Å²) in [5.74, 6) is 0. The van der Waals surface area contributed by atoms with Crippen LogP contribution in [0.5, 0.6) is 0 Å². The van der Waals surface area contributed by atoms with Gasteiger partial charge in [0.15, 0.2) is 0 Å². The maximum atomic E-state index is 2.40. The molecule has 1 heteroatoms. The molecule has 2 aromatic carbocycles. The van der Waals surface area contributed by atoms with Crippen molar-refractivity contribution in [3.63, 3.8) is 0 Å². The minimum absolute atomic E-state index is 0.241. The summed E-state index contributed by atoms with van der Waals surface area (Å²) in [6.07, 6.45) is 0. The molecule has 0 nitrogen and oxygen atoms in total. The molecule has 0 spiro atoms. The van der Waals surface area contributed by atoms with Crippen molar-refractivity contribution in [2.45, 2.75) is 67.5 Å². The summed E-state index contributed by atoms with van der Waals surface area (Å²) in [6, 6.07) is 9.40. The average molecular weight is 326 g/mol. The molecule has 0 atom stereocenters. The third kappa shape index (κ3) is 3.69. The molecule has 0 aliphatic heterocycles. The molecule has 0 aliphatic carbocycles. The second kappa shape index (κ2) is 6.40. The Labute approximate surface area is 144 Å². The molecule has 0 amide bonds. The van der Waals surface area contributed by atoms with Crippen molar-refractivity contribution in [3.8, 4) is 0 Å². The lowest BCUT2D eigenvalue weighted by molar-refractivity contribution is 0.792. The van der Waals surface area contributed by atoms with Crippen molar-refractivity contribution in [1.82, 2.24) is 0 Å². The Balaban J connectivity index is 2.81. The van der Waals surface area contributed by atoms with Crippen molar-refractivity contribution in [2.75, 3.05) is 0 Å². The van der Waals surface area contributed by atoms with E-state index in [4.69, 9.17) is 0 Å². The first kappa shape index (κ1) is 18.2. The van der Waals surface area contributed by atoms with Crippen molar-refractivity contribution < 1.29 is 0 Å². The van der Waals surface area contributed by atoms with Gasteiger partial charge in [0.05, 0.1) is 0 Å². The lowest BCUT2D eigenvalue weighted by atomic mass is 10.1. The van der Waals surface area contributed by atoms with Crippen LogP contribution >= 0.6 is 7.92 Å². The summed E-state index contributed by atoms with van der Waals surface area (Å²) in [6.45, 7) is 20.7. The monoisotopic (exact) mass is 326 g/mol. The molecule has 0 unspecified atom stereocenters. The second-order valence-corrected chi connectivity index (χ2v) is 10.9. The highest BCUT2D eigenvalue weighted by Gasteiger charge is 2.32. The zero-order valence-corrected chi connectivity index (χ0v) is 17.2. The number of hydrogen-bond acceptors (Lipinski definition) is 0. The summed E-state index contributed by atoms with van der Waals surface area (Å²) in [4.78, 5) is 0. The van der Waals surface area contributed by atoms with Crippen LogP contribution in [-0.2, 0) is 0 Å². The third-order valence-electron chi connectivity index (χ3n) is 4.39. The van der Waals surface area contributed by atoms with Gasteiger partial charge < -0.3 is 0 Å². The van der Waals surface area contributed by atoms with Crippen LogP contribution in [0.2, 0.25) is 0 Å². The quantitative estimate of drug-likeness (QED) is 0.615. The smallest absolute Gasteiger partial charge is 0.00988 e. The molecule has 0 radical (unpaired) electrons. The molecular formula is C22H31P. The first-order chi connectivity index (χ1) is 10.5. The molecule has 0 heterocycles. The van der Waals surface area contributed by atoms with Crippen LogP contribution in [0.4, 0.5) is 0 Å². The van der Waals surface area contributed by atoms with Crippen LogP contribution in [0.15, 0.2) is 24.3 Å². The Bertz CT molecular complexity index is 629. The van der Waals surface area contributed by atoms with Gasteiger partial charge in [-0.15, -0.1) is 0 Å². The highest BCUT2D eigenvalue weighted by atomic mass is 31.1. The third-order valence-corrected chi connectivity index (χ3v) is 8.04. The van der Waals surface area contributed by atoms with Crippen molar-refractivity contribution >= 4 is 18.5 Å². The molecule has 0 aliphatic rings. The second-order valence-electron chi connectivity index (χ2n) is 8.00. The highest BCUT2D eigenvalue weighted by Crippen LogP contribution is 2.50. The fourth-order valence-electron chi connectivity index (χ4n) is 3.83. The molecule has 0 N–H and O–H groups in total. The van der Waals surface area contributed by atoms with Crippen LogP contribution < -0.4 is 10.6 Å². The van der Waals surface area contributed by atoms with Crippen LogP contribution in [0.1, 0.15) is 54.2 Å². The van der Waals surface area contributed by atoms with Crippen LogP contribution in [0.25, 0.3) is 0 Å². The van der Waals surface area contributed by atoms with E-state index in [9.17, 15) is 0 Å². The fraction of sp³-hybridized carbons (Fsp3) is 0.455. The first-order valence-electron chi connectivity index (χ1n) is 8.48. The van der Waals surface area contributed by atoms with Gasteiger partial charge in [0, 0.05) is 0 Å². The van der Waals surface area contributed by atoms with E-state index in [0.29, 0.717) is 0 Å². The molecule has 0 bridgehead atoms. The predicted octanol–water partition coefficient (Wildman–Crippen LogP) is 5.77. The van der Waals surface area contributed by atoms with E-state index in [1.807, 2.05) is 0 Å². The average Bonchev–Trinajstić information content (AvgIpc) is 2.33. The zero-order chi connectivity index (χ0) is 17.5. The zero-order valence-electron chi connectivity index (χ0n) is 16.3. The molecule has 0 fully saturated rings. The molecule has 124 valence electrons. The van der Waals surface area contributed by atoms with Gasteiger partial charge in [0.25, 0.3) is 0 Å². The van der Waals surface area contributed by atoms with E-state index in [1.54, 1.807) is 10.6 Å². The predicted molar refractivity (Wildman–Crippen MR) is 107 cm³/mol. The van der Waals surface area contributed by atoms with Gasteiger partial charge in [-0.2, -0.15) is 0 Å². The van der Waals surface area contributed by atoms with Crippen molar-refractivity contribution in [2.24, 2.45) is 0 Å². The SMILES string of the molecule is Cc1cc(C)c(P(c2c(C)cc(C)cc2C)C(C)(C)C)c(C)c1. The van der Waals surface area contributed by atoms with Gasteiger partial charge in [-0.05, 0) is 87.5 Å². The minimum Gasteiger partial charge on any atom is -0.0557 e. The topological polar surface area (TPSA) is 0 Å². The molecule has 23 heavy (non-hydrogen) atoms. The number of hydrogen-bond donors (Lipinski definition) is 0.